The highest BCUT2D eigenvalue weighted by Crippen LogP contribution is 2.11. The number of hydrogen-bond donors (Lipinski definition) is 3. The minimum absolute atomic E-state index is 0.157. The first-order chi connectivity index (χ1) is 8.02. The number of aromatic carboxylic acids is 1. The number of aliphatic hydroxyl groups is 1. The van der Waals surface area contributed by atoms with Crippen molar-refractivity contribution in [2.45, 2.75) is 20.3 Å². The van der Waals surface area contributed by atoms with E-state index in [4.69, 9.17) is 10.2 Å². The van der Waals surface area contributed by atoms with Gasteiger partial charge in [-0.3, -0.25) is 0 Å². The first-order valence-corrected chi connectivity index (χ1v) is 5.59. The lowest BCUT2D eigenvalue weighted by Gasteiger charge is -2.12. The van der Waals surface area contributed by atoms with Gasteiger partial charge in [-0.25, -0.2) is 9.78 Å². The summed E-state index contributed by atoms with van der Waals surface area (Å²) >= 11 is 0. The Bertz CT molecular complexity index is 393. The molecule has 0 amide bonds. The van der Waals surface area contributed by atoms with E-state index in [1.54, 1.807) is 6.92 Å². The number of nitrogens with zero attached hydrogens (tertiary/aromatic N) is 1. The Labute approximate surface area is 101 Å². The van der Waals surface area contributed by atoms with Crippen LogP contribution >= 0.6 is 0 Å². The van der Waals surface area contributed by atoms with Crippen LogP contribution in [0.4, 0.5) is 5.82 Å². The second-order valence-corrected chi connectivity index (χ2v) is 4.19. The Kier molecular flexibility index (Phi) is 4.90. The molecule has 0 spiro atoms. The molecule has 0 fully saturated rings. The second kappa shape index (κ2) is 6.20. The minimum atomic E-state index is -0.957. The fraction of sp³-hybridized carbons (Fsp3) is 0.500. The van der Waals surface area contributed by atoms with Crippen LogP contribution in [0.3, 0.4) is 0 Å². The molecule has 0 aliphatic rings. The SMILES string of the molecule is Cc1cc(C(=O)O)cc(NCC(C)CCO)n1. The Morgan fingerprint density at radius 1 is 1.53 bits per heavy atom. The molecule has 0 bridgehead atoms. The minimum Gasteiger partial charge on any atom is -0.478 e. The third-order valence-corrected chi connectivity index (χ3v) is 2.45. The van der Waals surface area contributed by atoms with Crippen LogP contribution in [0.15, 0.2) is 12.1 Å². The Hall–Kier alpha value is -1.62. The molecule has 5 heteroatoms. The van der Waals surface area contributed by atoms with Crippen LogP contribution in [0.2, 0.25) is 0 Å². The highest BCUT2D eigenvalue weighted by Gasteiger charge is 2.07. The molecule has 3 N–H and O–H groups in total. The van der Waals surface area contributed by atoms with E-state index in [1.807, 2.05) is 6.92 Å². The number of hydrogen-bond acceptors (Lipinski definition) is 4. The summed E-state index contributed by atoms with van der Waals surface area (Å²) in [5.41, 5.74) is 0.900. The number of aliphatic hydroxyl groups excluding tert-OH is 1. The predicted octanol–water partition coefficient (Wildman–Crippen LogP) is 1.52. The number of carbonyl (C=O) groups is 1. The third-order valence-electron chi connectivity index (χ3n) is 2.45. The van der Waals surface area contributed by atoms with Gasteiger partial charge in [0.05, 0.1) is 5.56 Å². The van der Waals surface area contributed by atoms with Gasteiger partial charge in [0, 0.05) is 18.8 Å². The Balaban J connectivity index is 2.68. The summed E-state index contributed by atoms with van der Waals surface area (Å²) in [7, 11) is 0. The Morgan fingerprint density at radius 2 is 2.24 bits per heavy atom. The molecular weight excluding hydrogens is 220 g/mol. The summed E-state index contributed by atoms with van der Waals surface area (Å²) < 4.78 is 0. The molecule has 1 aromatic heterocycles. The topological polar surface area (TPSA) is 82.5 Å². The maximum absolute atomic E-state index is 10.9. The fourth-order valence-electron chi connectivity index (χ4n) is 1.48. The normalized spacial score (nSPS) is 12.2. The van der Waals surface area contributed by atoms with Crippen LogP contribution < -0.4 is 5.32 Å². The number of pyridine rings is 1. The molecule has 0 aliphatic heterocycles. The van der Waals surface area contributed by atoms with Crippen LogP contribution in [0.5, 0.6) is 0 Å². The van der Waals surface area contributed by atoms with E-state index in [-0.39, 0.29) is 12.2 Å². The van der Waals surface area contributed by atoms with Crippen molar-refractivity contribution >= 4 is 11.8 Å². The summed E-state index contributed by atoms with van der Waals surface area (Å²) in [6, 6.07) is 3.05. The average Bonchev–Trinajstić information content (AvgIpc) is 2.26. The van der Waals surface area contributed by atoms with Gasteiger partial charge in [-0.05, 0) is 31.4 Å². The van der Waals surface area contributed by atoms with E-state index < -0.39 is 5.97 Å². The predicted molar refractivity (Wildman–Crippen MR) is 65.3 cm³/mol. The molecule has 5 nitrogen and oxygen atoms in total. The van der Waals surface area contributed by atoms with Gasteiger partial charge in [-0.1, -0.05) is 6.92 Å². The molecule has 1 unspecified atom stereocenters. The molecule has 1 rings (SSSR count). The third kappa shape index (κ3) is 4.40. The number of carboxylic acid groups (broad SMARTS) is 1. The van der Waals surface area contributed by atoms with E-state index in [2.05, 4.69) is 10.3 Å². The summed E-state index contributed by atoms with van der Waals surface area (Å²) in [5.74, 6) is -0.0789. The zero-order chi connectivity index (χ0) is 12.8. The van der Waals surface area contributed by atoms with Crippen molar-refractivity contribution in [2.75, 3.05) is 18.5 Å². The fourth-order valence-corrected chi connectivity index (χ4v) is 1.48. The van der Waals surface area contributed by atoms with Crippen molar-refractivity contribution in [3.8, 4) is 0 Å². The molecule has 0 saturated heterocycles. The standard InChI is InChI=1S/C12H18N2O3/c1-8(3-4-15)7-13-11-6-10(12(16)17)5-9(2)14-11/h5-6,8,15H,3-4,7H2,1-2H3,(H,13,14)(H,16,17). The maximum Gasteiger partial charge on any atom is 0.335 e. The second-order valence-electron chi connectivity index (χ2n) is 4.19. The van der Waals surface area contributed by atoms with Crippen molar-refractivity contribution in [2.24, 2.45) is 5.92 Å². The summed E-state index contributed by atoms with van der Waals surface area (Å²) in [4.78, 5) is 15.1. The lowest BCUT2D eigenvalue weighted by atomic mass is 10.1. The lowest BCUT2D eigenvalue weighted by molar-refractivity contribution is 0.0696. The summed E-state index contributed by atoms with van der Waals surface area (Å²) in [6.07, 6.45) is 0.713. The number of rotatable bonds is 6. The van der Waals surface area contributed by atoms with E-state index in [9.17, 15) is 4.79 Å². The lowest BCUT2D eigenvalue weighted by Crippen LogP contribution is -2.14. The monoisotopic (exact) mass is 238 g/mol. The largest absolute Gasteiger partial charge is 0.478 e. The van der Waals surface area contributed by atoms with Gasteiger partial charge in [-0.15, -0.1) is 0 Å². The van der Waals surface area contributed by atoms with Crippen molar-refractivity contribution < 1.29 is 15.0 Å². The van der Waals surface area contributed by atoms with Crippen LogP contribution in [-0.2, 0) is 0 Å². The maximum atomic E-state index is 10.9. The molecule has 0 aliphatic carbocycles. The molecule has 1 atom stereocenters. The van der Waals surface area contributed by atoms with Crippen molar-refractivity contribution in [3.63, 3.8) is 0 Å². The van der Waals surface area contributed by atoms with Crippen LogP contribution in [0, 0.1) is 12.8 Å². The number of carboxylic acids is 1. The molecule has 1 aromatic rings. The quantitative estimate of drug-likeness (QED) is 0.700. The molecule has 1 heterocycles. The number of nitrogens with one attached hydrogen (secondary N) is 1. The Morgan fingerprint density at radius 3 is 2.82 bits per heavy atom. The van der Waals surface area contributed by atoms with E-state index in [1.165, 1.54) is 12.1 Å². The van der Waals surface area contributed by atoms with Gasteiger partial charge >= 0.3 is 5.97 Å². The number of aryl methyl sites for hydroxylation is 1. The molecule has 0 saturated carbocycles. The average molecular weight is 238 g/mol. The van der Waals surface area contributed by atoms with Gasteiger partial charge in [0.2, 0.25) is 0 Å². The van der Waals surface area contributed by atoms with Crippen molar-refractivity contribution in [3.05, 3.63) is 23.4 Å². The smallest absolute Gasteiger partial charge is 0.335 e. The van der Waals surface area contributed by atoms with Gasteiger partial charge in [0.25, 0.3) is 0 Å². The molecule has 0 aromatic carbocycles. The highest BCUT2D eigenvalue weighted by atomic mass is 16.4. The number of aromatic nitrogens is 1. The first kappa shape index (κ1) is 13.4. The van der Waals surface area contributed by atoms with Crippen LogP contribution in [0.1, 0.15) is 29.4 Å². The zero-order valence-electron chi connectivity index (χ0n) is 10.1. The summed E-state index contributed by atoms with van der Waals surface area (Å²) in [5, 5.41) is 20.8. The van der Waals surface area contributed by atoms with Crippen molar-refractivity contribution in [1.29, 1.82) is 0 Å². The molecule has 94 valence electrons. The molecule has 17 heavy (non-hydrogen) atoms. The van der Waals surface area contributed by atoms with Gasteiger partial charge in [-0.2, -0.15) is 0 Å². The number of anilines is 1. The van der Waals surface area contributed by atoms with Gasteiger partial charge < -0.3 is 15.5 Å². The molecule has 0 radical (unpaired) electrons. The summed E-state index contributed by atoms with van der Waals surface area (Å²) in [6.45, 7) is 4.59. The van der Waals surface area contributed by atoms with Gasteiger partial charge in [0.15, 0.2) is 0 Å². The molecular formula is C12H18N2O3. The first-order valence-electron chi connectivity index (χ1n) is 5.59. The zero-order valence-corrected chi connectivity index (χ0v) is 10.1. The van der Waals surface area contributed by atoms with Crippen LogP contribution in [-0.4, -0.2) is 34.3 Å². The van der Waals surface area contributed by atoms with E-state index >= 15 is 0 Å². The van der Waals surface area contributed by atoms with E-state index in [0.29, 0.717) is 30.4 Å². The van der Waals surface area contributed by atoms with Crippen molar-refractivity contribution in [1.82, 2.24) is 4.98 Å². The van der Waals surface area contributed by atoms with Gasteiger partial charge in [0.1, 0.15) is 5.82 Å². The van der Waals surface area contributed by atoms with E-state index in [0.717, 1.165) is 0 Å². The highest BCUT2D eigenvalue weighted by molar-refractivity contribution is 5.88. The van der Waals surface area contributed by atoms with Crippen LogP contribution in [0.25, 0.3) is 0 Å².